The molecule has 1 N–H and O–H groups in total. The van der Waals surface area contributed by atoms with Crippen LogP contribution < -0.4 is 10.2 Å². The summed E-state index contributed by atoms with van der Waals surface area (Å²) in [5, 5.41) is 3.63. The van der Waals surface area contributed by atoms with Crippen LogP contribution in [0.2, 0.25) is 10.0 Å². The number of rotatable bonds is 6. The van der Waals surface area contributed by atoms with E-state index in [2.05, 4.69) is 5.10 Å². The summed E-state index contributed by atoms with van der Waals surface area (Å²) in [7, 11) is 0. The number of nitrogens with zero attached hydrogens (tertiary/aromatic N) is 1. The van der Waals surface area contributed by atoms with Crippen LogP contribution >= 0.6 is 23.2 Å². The summed E-state index contributed by atoms with van der Waals surface area (Å²) in [5.41, 5.74) is -1.71. The molecule has 3 nitrogen and oxygen atoms in total. The van der Waals surface area contributed by atoms with Crippen molar-refractivity contribution in [2.24, 2.45) is 5.10 Å². The Morgan fingerprint density at radius 2 is 1.52 bits per heavy atom. The van der Waals surface area contributed by atoms with Crippen LogP contribution in [0.4, 0.5) is 36.4 Å². The average molecular weight is 511 g/mol. The zero-order valence-corrected chi connectivity index (χ0v) is 17.6. The van der Waals surface area contributed by atoms with E-state index in [9.17, 15) is 30.7 Å². The van der Waals surface area contributed by atoms with E-state index >= 15 is 0 Å². The second kappa shape index (κ2) is 9.88. The van der Waals surface area contributed by atoms with Crippen molar-refractivity contribution in [1.29, 1.82) is 0 Å². The molecular formula is C21H11Cl2F7N2O. The molecule has 0 saturated heterocycles. The molecule has 3 rings (SSSR count). The van der Waals surface area contributed by atoms with Gasteiger partial charge in [0.1, 0.15) is 23.6 Å². The number of benzene rings is 3. The first-order chi connectivity index (χ1) is 15.5. The lowest BCUT2D eigenvalue weighted by molar-refractivity contribution is -0.143. The molecular weight excluding hydrogens is 500 g/mol. The summed E-state index contributed by atoms with van der Waals surface area (Å²) >= 11 is 12.1. The third kappa shape index (κ3) is 5.51. The normalized spacial score (nSPS) is 11.8. The minimum absolute atomic E-state index is 0.0591. The highest BCUT2D eigenvalue weighted by molar-refractivity contribution is 6.36. The summed E-state index contributed by atoms with van der Waals surface area (Å²) < 4.78 is 99.2. The number of ether oxygens (including phenoxy) is 1. The Morgan fingerprint density at radius 3 is 2.09 bits per heavy atom. The predicted octanol–water partition coefficient (Wildman–Crippen LogP) is 7.59. The van der Waals surface area contributed by atoms with Crippen LogP contribution in [0.1, 0.15) is 16.7 Å². The van der Waals surface area contributed by atoms with Crippen molar-refractivity contribution in [2.75, 3.05) is 5.43 Å². The van der Waals surface area contributed by atoms with Crippen LogP contribution in [0.5, 0.6) is 5.75 Å². The molecule has 0 atom stereocenters. The van der Waals surface area contributed by atoms with Crippen LogP contribution in [-0.2, 0) is 12.8 Å². The molecule has 0 aliphatic rings. The number of alkyl halides is 3. The van der Waals surface area contributed by atoms with Gasteiger partial charge in [-0.25, -0.2) is 17.6 Å². The third-order valence-corrected chi connectivity index (χ3v) is 4.69. The summed E-state index contributed by atoms with van der Waals surface area (Å²) in [6, 6.07) is 11.6. The molecule has 12 heteroatoms. The largest absolute Gasteiger partial charge is 0.487 e. The fourth-order valence-corrected chi connectivity index (χ4v) is 3.27. The van der Waals surface area contributed by atoms with Crippen molar-refractivity contribution >= 4 is 35.1 Å². The highest BCUT2D eigenvalue weighted by atomic mass is 35.5. The van der Waals surface area contributed by atoms with E-state index in [1.54, 1.807) is 35.8 Å². The molecule has 0 bridgehead atoms. The number of hydrazone groups is 1. The lowest BCUT2D eigenvalue weighted by atomic mass is 10.1. The van der Waals surface area contributed by atoms with Crippen molar-refractivity contribution in [3.05, 3.63) is 92.5 Å². The molecule has 0 fully saturated rings. The molecule has 174 valence electrons. The van der Waals surface area contributed by atoms with Gasteiger partial charge in [0.25, 0.3) is 0 Å². The summed E-state index contributed by atoms with van der Waals surface area (Å²) in [6.45, 7) is 0.0784. The lowest BCUT2D eigenvalue weighted by Gasteiger charge is -2.14. The standard InChI is InChI=1S/C21H11Cl2F7N2O/c22-12-6-11(20(13(23)7-12)33-9-10-4-2-1-3-5-10)8-31-32-19-17(26)15(24)14(21(28,29)30)16(25)18(19)27/h1-8,32H,9H2/b31-8-. The molecule has 0 spiro atoms. The van der Waals surface area contributed by atoms with Gasteiger partial charge in [0.15, 0.2) is 23.3 Å². The monoisotopic (exact) mass is 510 g/mol. The van der Waals surface area contributed by atoms with E-state index < -0.39 is 40.7 Å². The highest BCUT2D eigenvalue weighted by Gasteiger charge is 2.42. The molecule has 3 aromatic rings. The molecule has 0 amide bonds. The third-order valence-electron chi connectivity index (χ3n) is 4.19. The second-order valence-electron chi connectivity index (χ2n) is 6.45. The van der Waals surface area contributed by atoms with Crippen LogP contribution in [0.3, 0.4) is 0 Å². The molecule has 0 radical (unpaired) electrons. The van der Waals surface area contributed by atoms with Crippen molar-refractivity contribution in [2.45, 2.75) is 12.8 Å². The van der Waals surface area contributed by atoms with Gasteiger partial charge in [0.2, 0.25) is 0 Å². The number of hydrogen-bond donors (Lipinski definition) is 1. The van der Waals surface area contributed by atoms with Gasteiger partial charge in [-0.05, 0) is 17.7 Å². The Labute approximate surface area is 192 Å². The van der Waals surface area contributed by atoms with Gasteiger partial charge in [0, 0.05) is 10.6 Å². The van der Waals surface area contributed by atoms with Gasteiger partial charge in [-0.3, -0.25) is 5.43 Å². The highest BCUT2D eigenvalue weighted by Crippen LogP contribution is 2.38. The summed E-state index contributed by atoms with van der Waals surface area (Å²) in [6.07, 6.45) is -4.75. The van der Waals surface area contributed by atoms with Gasteiger partial charge in [0.05, 0.1) is 11.2 Å². The minimum Gasteiger partial charge on any atom is -0.487 e. The van der Waals surface area contributed by atoms with Gasteiger partial charge < -0.3 is 4.74 Å². The van der Waals surface area contributed by atoms with Crippen molar-refractivity contribution in [3.8, 4) is 5.75 Å². The smallest absolute Gasteiger partial charge is 0.422 e. The number of halogens is 9. The lowest BCUT2D eigenvalue weighted by Crippen LogP contribution is -2.16. The first-order valence-corrected chi connectivity index (χ1v) is 9.64. The van der Waals surface area contributed by atoms with Gasteiger partial charge in [-0.1, -0.05) is 53.5 Å². The zero-order chi connectivity index (χ0) is 24.3. The van der Waals surface area contributed by atoms with Crippen molar-refractivity contribution < 1.29 is 35.5 Å². The maximum Gasteiger partial charge on any atom is 0.422 e. The number of hydrogen-bond acceptors (Lipinski definition) is 3. The first-order valence-electron chi connectivity index (χ1n) is 8.88. The zero-order valence-electron chi connectivity index (χ0n) is 16.1. The van der Waals surface area contributed by atoms with E-state index in [0.717, 1.165) is 11.8 Å². The SMILES string of the molecule is Fc1c(F)c(C(F)(F)F)c(F)c(F)c1N/N=C\c1cc(Cl)cc(Cl)c1OCc1ccccc1. The van der Waals surface area contributed by atoms with Gasteiger partial charge in [-0.2, -0.15) is 18.3 Å². The maximum atomic E-state index is 14.0. The Balaban J connectivity index is 1.90. The Bertz CT molecular complexity index is 1170. The predicted molar refractivity (Wildman–Crippen MR) is 110 cm³/mol. The molecule has 3 aromatic carbocycles. The average Bonchev–Trinajstić information content (AvgIpc) is 2.74. The molecule has 33 heavy (non-hydrogen) atoms. The van der Waals surface area contributed by atoms with E-state index in [0.29, 0.717) is 0 Å². The summed E-state index contributed by atoms with van der Waals surface area (Å²) in [4.78, 5) is 0. The Morgan fingerprint density at radius 1 is 0.909 bits per heavy atom. The molecule has 0 unspecified atom stereocenters. The molecule has 0 heterocycles. The topological polar surface area (TPSA) is 33.6 Å². The quantitative estimate of drug-likeness (QED) is 0.160. The van der Waals surface area contributed by atoms with E-state index in [-0.39, 0.29) is 28.0 Å². The number of nitrogens with one attached hydrogen (secondary N) is 1. The van der Waals surface area contributed by atoms with Gasteiger partial charge >= 0.3 is 6.18 Å². The maximum absolute atomic E-state index is 14.0. The van der Waals surface area contributed by atoms with Crippen LogP contribution in [0, 0.1) is 23.3 Å². The molecule has 0 aromatic heterocycles. The minimum atomic E-state index is -5.65. The van der Waals surface area contributed by atoms with E-state index in [4.69, 9.17) is 27.9 Å². The van der Waals surface area contributed by atoms with Gasteiger partial charge in [-0.15, -0.1) is 0 Å². The van der Waals surface area contributed by atoms with Crippen molar-refractivity contribution in [1.82, 2.24) is 0 Å². The molecule has 0 saturated carbocycles. The van der Waals surface area contributed by atoms with E-state index in [1.807, 2.05) is 0 Å². The molecule has 0 aliphatic carbocycles. The van der Waals surface area contributed by atoms with Crippen LogP contribution in [0.15, 0.2) is 47.6 Å². The molecule has 0 aliphatic heterocycles. The fraction of sp³-hybridized carbons (Fsp3) is 0.0952. The summed E-state index contributed by atoms with van der Waals surface area (Å²) in [5.74, 6) is -9.76. The van der Waals surface area contributed by atoms with Crippen LogP contribution in [0.25, 0.3) is 0 Å². The Hall–Kier alpha value is -2.98. The fourth-order valence-electron chi connectivity index (χ4n) is 2.70. The first kappa shape index (κ1) is 24.7. The number of anilines is 1. The van der Waals surface area contributed by atoms with Crippen molar-refractivity contribution in [3.63, 3.8) is 0 Å². The van der Waals surface area contributed by atoms with Crippen LogP contribution in [-0.4, -0.2) is 6.21 Å². The van der Waals surface area contributed by atoms with E-state index in [1.165, 1.54) is 12.1 Å². The Kier molecular flexibility index (Phi) is 7.38. The second-order valence-corrected chi connectivity index (χ2v) is 7.30.